The molecule has 32 heavy (non-hydrogen) atoms. The standard InChI is InChI=1S/C21H26N4O7/c1-21(2,3)32-19(29)23-10-12-6-8-13(9-7-12)18(28)31-11-14(26)15-16(22)24(4)20(30)25(5)17(15)27/h6-9H,10-11,22H2,1-5H3,(H,23,29). The highest BCUT2D eigenvalue weighted by Crippen LogP contribution is 2.10. The van der Waals surface area contributed by atoms with Gasteiger partial charge in [-0.2, -0.15) is 0 Å². The maximum Gasteiger partial charge on any atom is 0.407 e. The normalized spacial score (nSPS) is 11.0. The Morgan fingerprint density at radius 3 is 2.19 bits per heavy atom. The molecule has 0 aliphatic rings. The molecule has 0 atom stereocenters. The maximum atomic E-state index is 12.4. The monoisotopic (exact) mass is 446 g/mol. The number of aromatic nitrogens is 2. The number of esters is 1. The van der Waals surface area contributed by atoms with E-state index in [2.05, 4.69) is 5.32 Å². The molecule has 1 aromatic heterocycles. The van der Waals surface area contributed by atoms with Crippen LogP contribution in [0.2, 0.25) is 0 Å². The Morgan fingerprint density at radius 2 is 1.62 bits per heavy atom. The van der Waals surface area contributed by atoms with E-state index in [9.17, 15) is 24.0 Å². The first-order chi connectivity index (χ1) is 14.8. The molecule has 0 unspecified atom stereocenters. The zero-order valence-electron chi connectivity index (χ0n) is 18.6. The van der Waals surface area contributed by atoms with Gasteiger partial charge in [-0.25, -0.2) is 14.4 Å². The molecule has 11 nitrogen and oxygen atoms in total. The number of alkyl carbamates (subject to hydrolysis) is 1. The number of rotatable bonds is 6. The van der Waals surface area contributed by atoms with Gasteiger partial charge < -0.3 is 20.5 Å². The third-order valence-corrected chi connectivity index (χ3v) is 4.35. The molecule has 0 radical (unpaired) electrons. The second-order valence-electron chi connectivity index (χ2n) is 8.02. The molecule has 2 aromatic rings. The molecule has 2 rings (SSSR count). The van der Waals surface area contributed by atoms with Crippen molar-refractivity contribution in [2.45, 2.75) is 32.9 Å². The van der Waals surface area contributed by atoms with Gasteiger partial charge in [0.1, 0.15) is 17.0 Å². The van der Waals surface area contributed by atoms with Gasteiger partial charge in [-0.15, -0.1) is 0 Å². The second-order valence-corrected chi connectivity index (χ2v) is 8.02. The van der Waals surface area contributed by atoms with Crippen molar-refractivity contribution in [3.8, 4) is 0 Å². The molecular formula is C21H26N4O7. The highest BCUT2D eigenvalue weighted by molar-refractivity contribution is 6.02. The first kappa shape index (κ1) is 24.4. The van der Waals surface area contributed by atoms with Crippen molar-refractivity contribution in [1.29, 1.82) is 0 Å². The van der Waals surface area contributed by atoms with Crippen LogP contribution in [0.5, 0.6) is 0 Å². The Labute approximate surface area is 183 Å². The molecule has 172 valence electrons. The van der Waals surface area contributed by atoms with Crippen LogP contribution in [-0.2, 0) is 30.1 Å². The number of nitrogens with one attached hydrogen (secondary N) is 1. The number of carbonyl (C=O) groups is 3. The first-order valence-corrected chi connectivity index (χ1v) is 9.63. The van der Waals surface area contributed by atoms with Crippen molar-refractivity contribution in [3.05, 3.63) is 61.8 Å². The minimum atomic E-state index is -0.867. The van der Waals surface area contributed by atoms with Crippen molar-refractivity contribution in [1.82, 2.24) is 14.5 Å². The number of hydrogen-bond donors (Lipinski definition) is 2. The van der Waals surface area contributed by atoms with Crippen LogP contribution in [0.15, 0.2) is 33.9 Å². The maximum absolute atomic E-state index is 12.4. The number of benzene rings is 1. The summed E-state index contributed by atoms with van der Waals surface area (Å²) in [5.74, 6) is -1.92. The van der Waals surface area contributed by atoms with E-state index < -0.39 is 46.9 Å². The number of carbonyl (C=O) groups excluding carboxylic acids is 3. The van der Waals surface area contributed by atoms with Gasteiger partial charge >= 0.3 is 17.8 Å². The summed E-state index contributed by atoms with van der Waals surface area (Å²) in [7, 11) is 2.53. The lowest BCUT2D eigenvalue weighted by molar-refractivity contribution is 0.0473. The van der Waals surface area contributed by atoms with E-state index in [4.69, 9.17) is 15.2 Å². The quantitative estimate of drug-likeness (QED) is 0.487. The Bertz CT molecular complexity index is 1150. The number of ether oxygens (including phenoxy) is 2. The van der Waals surface area contributed by atoms with Crippen molar-refractivity contribution in [2.75, 3.05) is 12.3 Å². The van der Waals surface area contributed by atoms with Gasteiger partial charge in [-0.3, -0.25) is 18.7 Å². The van der Waals surface area contributed by atoms with Crippen LogP contribution < -0.4 is 22.3 Å². The Hall–Kier alpha value is -3.89. The Kier molecular flexibility index (Phi) is 7.24. The average Bonchev–Trinajstić information content (AvgIpc) is 2.72. The van der Waals surface area contributed by atoms with Crippen LogP contribution in [0, 0.1) is 0 Å². The summed E-state index contributed by atoms with van der Waals surface area (Å²) in [5.41, 5.74) is 4.02. The lowest BCUT2D eigenvalue weighted by Gasteiger charge is -2.19. The molecule has 1 amide bonds. The van der Waals surface area contributed by atoms with Crippen molar-refractivity contribution < 1.29 is 23.9 Å². The van der Waals surface area contributed by atoms with E-state index in [1.165, 1.54) is 26.2 Å². The molecular weight excluding hydrogens is 420 g/mol. The Balaban J connectivity index is 2.00. The fraction of sp³-hybridized carbons (Fsp3) is 0.381. The van der Waals surface area contributed by atoms with Gasteiger partial charge in [0.05, 0.1) is 5.56 Å². The summed E-state index contributed by atoms with van der Waals surface area (Å²) in [6.07, 6.45) is -0.566. The molecule has 0 aliphatic heterocycles. The fourth-order valence-electron chi connectivity index (χ4n) is 2.66. The van der Waals surface area contributed by atoms with Crippen LogP contribution >= 0.6 is 0 Å². The second kappa shape index (κ2) is 9.50. The first-order valence-electron chi connectivity index (χ1n) is 9.63. The molecule has 3 N–H and O–H groups in total. The summed E-state index contributed by atoms with van der Waals surface area (Å²) < 4.78 is 11.8. The molecule has 0 spiro atoms. The van der Waals surface area contributed by atoms with E-state index in [0.717, 1.165) is 9.13 Å². The van der Waals surface area contributed by atoms with Crippen LogP contribution in [-0.4, -0.2) is 39.2 Å². The van der Waals surface area contributed by atoms with Crippen molar-refractivity contribution in [2.24, 2.45) is 14.1 Å². The van der Waals surface area contributed by atoms with E-state index in [1.807, 2.05) is 0 Å². The summed E-state index contributed by atoms with van der Waals surface area (Å²) in [6.45, 7) is 4.73. The SMILES string of the molecule is Cn1c(N)c(C(=O)COC(=O)c2ccc(CNC(=O)OC(C)(C)C)cc2)c(=O)n(C)c1=O. The number of hydrogen-bond acceptors (Lipinski definition) is 8. The summed E-state index contributed by atoms with van der Waals surface area (Å²) in [5, 5.41) is 2.60. The average molecular weight is 446 g/mol. The smallest absolute Gasteiger partial charge is 0.407 e. The molecule has 0 fully saturated rings. The number of ketones is 1. The molecule has 1 heterocycles. The predicted molar refractivity (Wildman–Crippen MR) is 115 cm³/mol. The topological polar surface area (TPSA) is 152 Å². The number of nitrogens with zero attached hydrogens (tertiary/aromatic N) is 2. The number of anilines is 1. The van der Waals surface area contributed by atoms with Crippen LogP contribution in [0.3, 0.4) is 0 Å². The summed E-state index contributed by atoms with van der Waals surface area (Å²) in [4.78, 5) is 60.4. The van der Waals surface area contributed by atoms with Crippen LogP contribution in [0.1, 0.15) is 47.1 Å². The summed E-state index contributed by atoms with van der Waals surface area (Å²) >= 11 is 0. The van der Waals surface area contributed by atoms with E-state index in [-0.39, 0.29) is 17.9 Å². The van der Waals surface area contributed by atoms with Crippen molar-refractivity contribution in [3.63, 3.8) is 0 Å². The highest BCUT2D eigenvalue weighted by atomic mass is 16.6. The lowest BCUT2D eigenvalue weighted by Crippen LogP contribution is -2.42. The van der Waals surface area contributed by atoms with Gasteiger partial charge in [-0.05, 0) is 38.5 Å². The third kappa shape index (κ3) is 5.84. The molecule has 1 aromatic carbocycles. The van der Waals surface area contributed by atoms with Crippen LogP contribution in [0.25, 0.3) is 0 Å². The number of nitrogen functional groups attached to an aromatic ring is 1. The largest absolute Gasteiger partial charge is 0.454 e. The van der Waals surface area contributed by atoms with Crippen LogP contribution in [0.4, 0.5) is 10.6 Å². The van der Waals surface area contributed by atoms with E-state index in [1.54, 1.807) is 32.9 Å². The number of Topliss-reactive ketones (excluding diaryl/α,β-unsaturated/α-hetero) is 1. The lowest BCUT2D eigenvalue weighted by atomic mass is 10.1. The third-order valence-electron chi connectivity index (χ3n) is 4.35. The van der Waals surface area contributed by atoms with Crippen molar-refractivity contribution >= 4 is 23.7 Å². The van der Waals surface area contributed by atoms with Gasteiger partial charge in [-0.1, -0.05) is 12.1 Å². The van der Waals surface area contributed by atoms with Gasteiger partial charge in [0.15, 0.2) is 6.61 Å². The van der Waals surface area contributed by atoms with Gasteiger partial charge in [0.25, 0.3) is 5.56 Å². The Morgan fingerprint density at radius 1 is 1.03 bits per heavy atom. The predicted octanol–water partition coefficient (Wildman–Crippen LogP) is 0.731. The number of amides is 1. The highest BCUT2D eigenvalue weighted by Gasteiger charge is 2.22. The molecule has 0 bridgehead atoms. The van der Waals surface area contributed by atoms with Gasteiger partial charge in [0.2, 0.25) is 5.78 Å². The molecule has 0 aliphatic carbocycles. The molecule has 11 heteroatoms. The molecule has 0 saturated heterocycles. The molecule has 0 saturated carbocycles. The van der Waals surface area contributed by atoms with E-state index in [0.29, 0.717) is 5.56 Å². The zero-order chi connectivity index (χ0) is 24.2. The number of nitrogens with two attached hydrogens (primary N) is 1. The minimum absolute atomic E-state index is 0.167. The van der Waals surface area contributed by atoms with Gasteiger partial charge in [0, 0.05) is 20.6 Å². The fourth-order valence-corrected chi connectivity index (χ4v) is 2.66. The zero-order valence-corrected chi connectivity index (χ0v) is 18.6. The van der Waals surface area contributed by atoms with E-state index >= 15 is 0 Å². The minimum Gasteiger partial charge on any atom is -0.454 e. The summed E-state index contributed by atoms with van der Waals surface area (Å²) in [6, 6.07) is 6.16.